The van der Waals surface area contributed by atoms with Gasteiger partial charge in [-0.25, -0.2) is 0 Å². The first kappa shape index (κ1) is 23.8. The minimum absolute atomic E-state index is 0.00709. The van der Waals surface area contributed by atoms with Crippen LogP contribution in [0.25, 0.3) is 22.3 Å². The molecule has 0 amide bonds. The zero-order valence-electron chi connectivity index (χ0n) is 18.2. The van der Waals surface area contributed by atoms with E-state index < -0.39 is 16.9 Å². The first-order valence-corrected chi connectivity index (χ1v) is 10.8. The van der Waals surface area contributed by atoms with Crippen molar-refractivity contribution in [3.8, 4) is 28.6 Å². The van der Waals surface area contributed by atoms with E-state index in [0.717, 1.165) is 11.1 Å². The third-order valence-corrected chi connectivity index (χ3v) is 5.45. The van der Waals surface area contributed by atoms with Gasteiger partial charge in [0.25, 0.3) is 0 Å². The van der Waals surface area contributed by atoms with Crippen molar-refractivity contribution in [1.29, 1.82) is 0 Å². The van der Waals surface area contributed by atoms with Crippen molar-refractivity contribution in [1.82, 2.24) is 0 Å². The van der Waals surface area contributed by atoms with Crippen molar-refractivity contribution in [2.75, 3.05) is 0 Å². The standard InChI is InChI=1S/C25H24Cl2O5/c1-12(2)5-7-17-20(28)18(8-6-13(3)4)25-19(21(17)29)22(30)23(31)24(32-25)14-9-15(26)11-16(27)10-14/h5-6,9-11,28-29,31H,7-8H2,1-4H3. The highest BCUT2D eigenvalue weighted by Gasteiger charge is 2.26. The molecule has 0 spiro atoms. The molecule has 7 heteroatoms. The van der Waals surface area contributed by atoms with Crippen molar-refractivity contribution in [3.63, 3.8) is 0 Å². The molecule has 0 radical (unpaired) electrons. The summed E-state index contributed by atoms with van der Waals surface area (Å²) in [6.07, 6.45) is 4.17. The van der Waals surface area contributed by atoms with Crippen molar-refractivity contribution in [2.24, 2.45) is 0 Å². The Labute approximate surface area is 195 Å². The van der Waals surface area contributed by atoms with Gasteiger partial charge in [-0.15, -0.1) is 0 Å². The van der Waals surface area contributed by atoms with Gasteiger partial charge in [-0.1, -0.05) is 46.5 Å². The van der Waals surface area contributed by atoms with Gasteiger partial charge in [0.05, 0.1) is 0 Å². The summed E-state index contributed by atoms with van der Waals surface area (Å²) in [4.78, 5) is 13.2. The van der Waals surface area contributed by atoms with Gasteiger partial charge in [-0.3, -0.25) is 4.79 Å². The van der Waals surface area contributed by atoms with Gasteiger partial charge < -0.3 is 19.7 Å². The Balaban J connectivity index is 2.45. The molecule has 3 rings (SSSR count). The van der Waals surface area contributed by atoms with E-state index in [0.29, 0.717) is 21.2 Å². The molecule has 0 aliphatic rings. The number of aromatic hydroxyl groups is 3. The van der Waals surface area contributed by atoms with Crippen LogP contribution in [0.4, 0.5) is 0 Å². The summed E-state index contributed by atoms with van der Waals surface area (Å²) < 4.78 is 5.94. The number of phenols is 2. The molecule has 168 valence electrons. The lowest BCUT2D eigenvalue weighted by Gasteiger charge is -2.16. The molecule has 0 bridgehead atoms. The molecule has 1 aromatic heterocycles. The lowest BCUT2D eigenvalue weighted by atomic mass is 9.96. The fraction of sp³-hybridized carbons (Fsp3) is 0.240. The number of hydrogen-bond donors (Lipinski definition) is 3. The SMILES string of the molecule is CC(C)=CCc1c(O)c(CC=C(C)C)c2oc(-c3cc(Cl)cc(Cl)c3)c(O)c(=O)c2c1O. The van der Waals surface area contributed by atoms with E-state index in [2.05, 4.69) is 0 Å². The normalized spacial score (nSPS) is 10.9. The van der Waals surface area contributed by atoms with Gasteiger partial charge in [0, 0.05) is 26.7 Å². The Morgan fingerprint density at radius 2 is 1.38 bits per heavy atom. The van der Waals surface area contributed by atoms with Gasteiger partial charge in [0.1, 0.15) is 22.5 Å². The number of rotatable bonds is 5. The molecular weight excluding hydrogens is 451 g/mol. The summed E-state index contributed by atoms with van der Waals surface area (Å²) in [5, 5.41) is 33.0. The third-order valence-electron chi connectivity index (χ3n) is 5.01. The topological polar surface area (TPSA) is 90.9 Å². The average Bonchev–Trinajstić information content (AvgIpc) is 2.68. The summed E-state index contributed by atoms with van der Waals surface area (Å²) in [5.41, 5.74) is 1.99. The summed E-state index contributed by atoms with van der Waals surface area (Å²) in [5.74, 6) is -1.41. The molecular formula is C25H24Cl2O5. The average molecular weight is 475 g/mol. The highest BCUT2D eigenvalue weighted by atomic mass is 35.5. The van der Waals surface area contributed by atoms with Crippen LogP contribution in [-0.4, -0.2) is 15.3 Å². The van der Waals surface area contributed by atoms with Crippen molar-refractivity contribution in [2.45, 2.75) is 40.5 Å². The van der Waals surface area contributed by atoms with Gasteiger partial charge in [0.2, 0.25) is 11.2 Å². The van der Waals surface area contributed by atoms with E-state index in [-0.39, 0.29) is 40.9 Å². The van der Waals surface area contributed by atoms with Crippen molar-refractivity contribution >= 4 is 34.2 Å². The van der Waals surface area contributed by atoms with Crippen LogP contribution >= 0.6 is 23.2 Å². The second-order valence-electron chi connectivity index (χ2n) is 8.10. The molecule has 2 aromatic carbocycles. The molecule has 0 fully saturated rings. The number of phenolic OH excluding ortho intramolecular Hbond substituents is 2. The summed E-state index contributed by atoms with van der Waals surface area (Å²) in [7, 11) is 0. The number of benzene rings is 2. The predicted octanol–water partition coefficient (Wildman–Crippen LogP) is 6.90. The van der Waals surface area contributed by atoms with Crippen LogP contribution in [0.15, 0.2) is 50.7 Å². The van der Waals surface area contributed by atoms with Crippen molar-refractivity contribution < 1.29 is 19.7 Å². The minimum atomic E-state index is -0.813. The maximum Gasteiger partial charge on any atom is 0.238 e. The number of hydrogen-bond acceptors (Lipinski definition) is 5. The third kappa shape index (κ3) is 4.64. The van der Waals surface area contributed by atoms with Crippen LogP contribution in [0.1, 0.15) is 38.8 Å². The van der Waals surface area contributed by atoms with E-state index in [1.54, 1.807) is 0 Å². The highest BCUT2D eigenvalue weighted by Crippen LogP contribution is 2.43. The summed E-state index contributed by atoms with van der Waals surface area (Å²) >= 11 is 12.2. The fourth-order valence-electron chi connectivity index (χ4n) is 3.38. The largest absolute Gasteiger partial charge is 0.507 e. The molecule has 1 heterocycles. The predicted molar refractivity (Wildman–Crippen MR) is 129 cm³/mol. The minimum Gasteiger partial charge on any atom is -0.507 e. The number of halogens is 2. The summed E-state index contributed by atoms with van der Waals surface area (Å²) in [6.45, 7) is 7.60. The van der Waals surface area contributed by atoms with Gasteiger partial charge in [0.15, 0.2) is 5.76 Å². The van der Waals surface area contributed by atoms with Crippen molar-refractivity contribution in [3.05, 3.63) is 72.9 Å². The van der Waals surface area contributed by atoms with Crippen LogP contribution < -0.4 is 5.43 Å². The Bertz CT molecular complexity index is 1300. The zero-order valence-corrected chi connectivity index (χ0v) is 19.7. The molecule has 0 atom stereocenters. The second-order valence-corrected chi connectivity index (χ2v) is 8.97. The molecule has 0 saturated heterocycles. The smallest absolute Gasteiger partial charge is 0.238 e. The van der Waals surface area contributed by atoms with Crippen LogP contribution in [0.3, 0.4) is 0 Å². The fourth-order valence-corrected chi connectivity index (χ4v) is 3.91. The lowest BCUT2D eigenvalue weighted by molar-refractivity contribution is 0.430. The molecule has 3 N–H and O–H groups in total. The second kappa shape index (κ2) is 9.31. The molecule has 3 aromatic rings. The number of fused-ring (bicyclic) bond motifs is 1. The quantitative estimate of drug-likeness (QED) is 0.349. The van der Waals surface area contributed by atoms with E-state index in [1.165, 1.54) is 18.2 Å². The first-order chi connectivity index (χ1) is 15.0. The van der Waals surface area contributed by atoms with E-state index in [1.807, 2.05) is 39.8 Å². The Morgan fingerprint density at radius 1 is 0.844 bits per heavy atom. The molecule has 0 aliphatic carbocycles. The van der Waals surface area contributed by atoms with E-state index in [9.17, 15) is 20.1 Å². The maximum atomic E-state index is 13.2. The van der Waals surface area contributed by atoms with E-state index in [4.69, 9.17) is 27.6 Å². The molecule has 5 nitrogen and oxygen atoms in total. The number of allylic oxidation sites excluding steroid dienone is 4. The zero-order chi connectivity index (χ0) is 23.7. The Morgan fingerprint density at radius 3 is 1.91 bits per heavy atom. The molecule has 0 saturated carbocycles. The van der Waals surface area contributed by atoms with Gasteiger partial charge >= 0.3 is 0 Å². The van der Waals surface area contributed by atoms with Crippen LogP contribution in [-0.2, 0) is 12.8 Å². The van der Waals surface area contributed by atoms with Crippen LogP contribution in [0.5, 0.6) is 17.2 Å². The molecule has 0 unspecified atom stereocenters. The van der Waals surface area contributed by atoms with Gasteiger partial charge in [-0.2, -0.15) is 0 Å². The van der Waals surface area contributed by atoms with Gasteiger partial charge in [-0.05, 0) is 58.7 Å². The summed E-state index contributed by atoms with van der Waals surface area (Å²) in [6, 6.07) is 4.50. The van der Waals surface area contributed by atoms with Crippen LogP contribution in [0.2, 0.25) is 10.0 Å². The molecule has 0 aliphatic heterocycles. The van der Waals surface area contributed by atoms with Crippen LogP contribution in [0, 0.1) is 0 Å². The first-order valence-electron chi connectivity index (χ1n) is 9.99. The van der Waals surface area contributed by atoms with E-state index >= 15 is 0 Å². The highest BCUT2D eigenvalue weighted by molar-refractivity contribution is 6.35. The monoisotopic (exact) mass is 474 g/mol. The Kier molecular flexibility index (Phi) is 6.91. The lowest BCUT2D eigenvalue weighted by Crippen LogP contribution is -2.07. The molecule has 32 heavy (non-hydrogen) atoms. The maximum absolute atomic E-state index is 13.2. The Hall–Kier alpha value is -2.89.